The van der Waals surface area contributed by atoms with Crippen LogP contribution in [0.2, 0.25) is 0 Å². The van der Waals surface area contributed by atoms with E-state index >= 15 is 0 Å². The molecular weight excluding hydrogens is 277 g/mol. The Hall–Kier alpha value is -2.11. The average molecular weight is 295 g/mol. The van der Waals surface area contributed by atoms with Crippen LogP contribution in [0.3, 0.4) is 0 Å². The molecule has 0 heterocycles. The minimum absolute atomic E-state index is 0.167. The van der Waals surface area contributed by atoms with Crippen molar-refractivity contribution in [1.82, 2.24) is 5.32 Å². The van der Waals surface area contributed by atoms with Crippen molar-refractivity contribution >= 4 is 12.1 Å². The molecule has 1 aromatic carbocycles. The van der Waals surface area contributed by atoms with E-state index in [0.29, 0.717) is 17.5 Å². The molecule has 6 heteroatoms. The number of nitrogens with one attached hydrogen (secondary N) is 1. The Morgan fingerprint density at radius 3 is 2.62 bits per heavy atom. The molecule has 1 unspecified atom stereocenters. The number of rotatable bonds is 2. The first-order valence-electron chi connectivity index (χ1n) is 6.67. The standard InChI is InChI=1S/C15H18FNO4/c1-14(2,3)21-13(20)17-15(12(18)19)7-6-9-8-10(16)4-5-11(9)15/h4-5,8H,6-7H2,1-3H3,(H,17,20)(H,18,19). The summed E-state index contributed by atoms with van der Waals surface area (Å²) in [5.74, 6) is -1.61. The van der Waals surface area contributed by atoms with Gasteiger partial charge in [0.15, 0.2) is 5.54 Å². The van der Waals surface area contributed by atoms with Crippen molar-refractivity contribution in [3.8, 4) is 0 Å². The largest absolute Gasteiger partial charge is 0.479 e. The van der Waals surface area contributed by atoms with Gasteiger partial charge in [0.05, 0.1) is 0 Å². The first kappa shape index (κ1) is 15.3. The van der Waals surface area contributed by atoms with Crippen LogP contribution in [0.5, 0.6) is 0 Å². The van der Waals surface area contributed by atoms with Gasteiger partial charge in [-0.25, -0.2) is 14.0 Å². The van der Waals surface area contributed by atoms with E-state index in [1.54, 1.807) is 20.8 Å². The van der Waals surface area contributed by atoms with Crippen molar-refractivity contribution in [1.29, 1.82) is 0 Å². The number of amides is 1. The third kappa shape index (κ3) is 2.99. The zero-order valence-corrected chi connectivity index (χ0v) is 12.2. The molecular formula is C15H18FNO4. The molecule has 0 aliphatic heterocycles. The van der Waals surface area contributed by atoms with Gasteiger partial charge in [-0.15, -0.1) is 0 Å². The van der Waals surface area contributed by atoms with Crippen molar-refractivity contribution < 1.29 is 23.8 Å². The zero-order chi connectivity index (χ0) is 15.8. The number of fused-ring (bicyclic) bond motifs is 1. The van der Waals surface area contributed by atoms with Gasteiger partial charge in [-0.1, -0.05) is 6.07 Å². The Bertz CT molecular complexity index is 594. The molecule has 114 valence electrons. The average Bonchev–Trinajstić information content (AvgIpc) is 2.66. The number of alkyl carbamates (subject to hydrolysis) is 1. The number of benzene rings is 1. The fourth-order valence-electron chi connectivity index (χ4n) is 2.53. The van der Waals surface area contributed by atoms with Gasteiger partial charge in [-0.05, 0) is 56.9 Å². The van der Waals surface area contributed by atoms with E-state index in [0.717, 1.165) is 0 Å². The first-order chi connectivity index (χ1) is 9.64. The number of hydrogen-bond acceptors (Lipinski definition) is 3. The molecule has 1 aromatic rings. The highest BCUT2D eigenvalue weighted by atomic mass is 19.1. The molecule has 0 saturated heterocycles. The van der Waals surface area contributed by atoms with E-state index < -0.39 is 29.0 Å². The zero-order valence-electron chi connectivity index (χ0n) is 12.2. The Labute approximate surface area is 122 Å². The molecule has 1 amide bonds. The van der Waals surface area contributed by atoms with Gasteiger partial charge in [-0.3, -0.25) is 0 Å². The molecule has 21 heavy (non-hydrogen) atoms. The highest BCUT2D eigenvalue weighted by molar-refractivity contribution is 5.87. The quantitative estimate of drug-likeness (QED) is 0.879. The van der Waals surface area contributed by atoms with Crippen LogP contribution in [0.1, 0.15) is 38.3 Å². The van der Waals surface area contributed by atoms with Gasteiger partial charge in [0.25, 0.3) is 0 Å². The van der Waals surface area contributed by atoms with Gasteiger partial charge < -0.3 is 15.2 Å². The number of carboxylic acid groups (broad SMARTS) is 1. The van der Waals surface area contributed by atoms with Crippen LogP contribution in [0, 0.1) is 5.82 Å². The predicted octanol–water partition coefficient (Wildman–Crippen LogP) is 2.58. The lowest BCUT2D eigenvalue weighted by atomic mass is 9.92. The Morgan fingerprint density at radius 1 is 1.38 bits per heavy atom. The van der Waals surface area contributed by atoms with Gasteiger partial charge >= 0.3 is 12.1 Å². The molecule has 0 radical (unpaired) electrons. The van der Waals surface area contributed by atoms with Crippen LogP contribution in [-0.4, -0.2) is 22.8 Å². The highest BCUT2D eigenvalue weighted by Crippen LogP contribution is 2.37. The summed E-state index contributed by atoms with van der Waals surface area (Å²) in [7, 11) is 0. The number of aliphatic carboxylic acids is 1. The van der Waals surface area contributed by atoms with E-state index in [1.807, 2.05) is 0 Å². The molecule has 1 aliphatic rings. The number of halogens is 1. The lowest BCUT2D eigenvalue weighted by Gasteiger charge is -2.29. The van der Waals surface area contributed by atoms with E-state index in [4.69, 9.17) is 4.74 Å². The fraction of sp³-hybridized carbons (Fsp3) is 0.467. The fourth-order valence-corrected chi connectivity index (χ4v) is 2.53. The topological polar surface area (TPSA) is 75.6 Å². The summed E-state index contributed by atoms with van der Waals surface area (Å²) in [5.41, 5.74) is -1.30. The van der Waals surface area contributed by atoms with Gasteiger partial charge in [0, 0.05) is 0 Å². The van der Waals surface area contributed by atoms with E-state index in [2.05, 4.69) is 5.32 Å². The summed E-state index contributed by atoms with van der Waals surface area (Å²) in [5, 5.41) is 12.0. The molecule has 0 saturated carbocycles. The number of carbonyl (C=O) groups is 2. The second-order valence-electron chi connectivity index (χ2n) is 6.14. The molecule has 5 nitrogen and oxygen atoms in total. The van der Waals surface area contributed by atoms with Crippen LogP contribution in [0.25, 0.3) is 0 Å². The lowest BCUT2D eigenvalue weighted by Crippen LogP contribution is -2.51. The molecule has 2 N–H and O–H groups in total. The Balaban J connectivity index is 2.33. The summed E-state index contributed by atoms with van der Waals surface area (Å²) in [6.07, 6.45) is -0.252. The van der Waals surface area contributed by atoms with Gasteiger partial charge in [0.1, 0.15) is 11.4 Å². The maximum Gasteiger partial charge on any atom is 0.408 e. The summed E-state index contributed by atoms with van der Waals surface area (Å²) in [6.45, 7) is 5.08. The maximum absolute atomic E-state index is 13.2. The van der Waals surface area contributed by atoms with Crippen LogP contribution in [0.15, 0.2) is 18.2 Å². The smallest absolute Gasteiger partial charge is 0.408 e. The van der Waals surface area contributed by atoms with Crippen LogP contribution >= 0.6 is 0 Å². The number of carbonyl (C=O) groups excluding carboxylic acids is 1. The molecule has 1 atom stereocenters. The summed E-state index contributed by atoms with van der Waals surface area (Å²) in [6, 6.07) is 3.90. The second-order valence-corrected chi connectivity index (χ2v) is 6.14. The molecule has 0 fully saturated rings. The lowest BCUT2D eigenvalue weighted by molar-refractivity contribution is -0.145. The van der Waals surface area contributed by atoms with Gasteiger partial charge in [-0.2, -0.15) is 0 Å². The van der Waals surface area contributed by atoms with E-state index in [1.165, 1.54) is 18.2 Å². The number of aryl methyl sites for hydroxylation is 1. The second kappa shape index (κ2) is 5.02. The summed E-state index contributed by atoms with van der Waals surface area (Å²) >= 11 is 0. The number of ether oxygens (including phenoxy) is 1. The predicted molar refractivity (Wildman–Crippen MR) is 73.4 cm³/mol. The minimum Gasteiger partial charge on any atom is -0.479 e. The first-order valence-corrected chi connectivity index (χ1v) is 6.67. The van der Waals surface area contributed by atoms with E-state index in [9.17, 15) is 19.1 Å². The summed E-state index contributed by atoms with van der Waals surface area (Å²) < 4.78 is 18.4. The van der Waals surface area contributed by atoms with Crippen LogP contribution in [0.4, 0.5) is 9.18 Å². The number of carboxylic acids is 1. The van der Waals surface area contributed by atoms with Crippen molar-refractivity contribution in [2.24, 2.45) is 0 Å². The normalized spacial score (nSPS) is 20.8. The Morgan fingerprint density at radius 2 is 2.05 bits per heavy atom. The van der Waals surface area contributed by atoms with Crippen molar-refractivity contribution in [2.45, 2.75) is 44.8 Å². The van der Waals surface area contributed by atoms with Crippen LogP contribution < -0.4 is 5.32 Å². The third-order valence-electron chi connectivity index (χ3n) is 3.38. The van der Waals surface area contributed by atoms with Crippen LogP contribution in [-0.2, 0) is 21.5 Å². The Kier molecular flexibility index (Phi) is 3.65. The van der Waals surface area contributed by atoms with Crippen molar-refractivity contribution in [2.75, 3.05) is 0 Å². The molecule has 1 aliphatic carbocycles. The molecule has 0 spiro atoms. The maximum atomic E-state index is 13.2. The minimum atomic E-state index is -1.56. The molecule has 0 aromatic heterocycles. The van der Waals surface area contributed by atoms with Gasteiger partial charge in [0.2, 0.25) is 0 Å². The monoisotopic (exact) mass is 295 g/mol. The third-order valence-corrected chi connectivity index (χ3v) is 3.38. The van der Waals surface area contributed by atoms with Crippen molar-refractivity contribution in [3.05, 3.63) is 35.1 Å². The SMILES string of the molecule is CC(C)(C)OC(=O)NC1(C(=O)O)CCc2cc(F)ccc21. The molecule has 2 rings (SSSR count). The highest BCUT2D eigenvalue weighted by Gasteiger charge is 2.47. The summed E-state index contributed by atoms with van der Waals surface area (Å²) in [4.78, 5) is 23.6. The van der Waals surface area contributed by atoms with Crippen molar-refractivity contribution in [3.63, 3.8) is 0 Å². The number of hydrogen-bond donors (Lipinski definition) is 2. The molecule has 0 bridgehead atoms. The van der Waals surface area contributed by atoms with E-state index in [-0.39, 0.29) is 6.42 Å².